The maximum atomic E-state index is 13.3. The van der Waals surface area contributed by atoms with Gasteiger partial charge < -0.3 is 10.1 Å². The lowest BCUT2D eigenvalue weighted by atomic mass is 9.93. The Morgan fingerprint density at radius 1 is 1.25 bits per heavy atom. The van der Waals surface area contributed by atoms with E-state index in [1.807, 2.05) is 18.2 Å². The van der Waals surface area contributed by atoms with E-state index in [0.29, 0.717) is 5.92 Å². The van der Waals surface area contributed by atoms with Crippen molar-refractivity contribution in [3.05, 3.63) is 58.3 Å². The van der Waals surface area contributed by atoms with Gasteiger partial charge in [-0.15, -0.1) is 0 Å². The van der Waals surface area contributed by atoms with Gasteiger partial charge in [0.2, 0.25) is 0 Å². The van der Waals surface area contributed by atoms with Crippen molar-refractivity contribution in [2.24, 2.45) is 0 Å². The second kappa shape index (κ2) is 5.83. The molecule has 0 saturated heterocycles. The molecule has 0 aromatic heterocycles. The Balaban J connectivity index is 1.75. The normalized spacial score (nSPS) is 17.2. The Hall–Kier alpha value is -1.55. The SMILES string of the molecule is Fc1ccc(Br)c(NCC2CCOc3ccccc32)c1. The Morgan fingerprint density at radius 3 is 3.00 bits per heavy atom. The Labute approximate surface area is 126 Å². The first-order valence-corrected chi connectivity index (χ1v) is 7.44. The monoisotopic (exact) mass is 335 g/mol. The zero-order valence-corrected chi connectivity index (χ0v) is 12.5. The van der Waals surface area contributed by atoms with Gasteiger partial charge in [-0.2, -0.15) is 0 Å². The summed E-state index contributed by atoms with van der Waals surface area (Å²) in [5.41, 5.74) is 2.01. The Bertz CT molecular complexity index is 617. The van der Waals surface area contributed by atoms with Crippen LogP contribution in [0.2, 0.25) is 0 Å². The number of hydrogen-bond donors (Lipinski definition) is 1. The summed E-state index contributed by atoms with van der Waals surface area (Å²) in [5.74, 6) is 1.11. The summed E-state index contributed by atoms with van der Waals surface area (Å²) in [6.07, 6.45) is 0.969. The predicted octanol–water partition coefficient (Wildman–Crippen LogP) is 4.57. The summed E-state index contributed by atoms with van der Waals surface area (Å²) in [6, 6.07) is 12.8. The molecule has 1 heterocycles. The van der Waals surface area contributed by atoms with Crippen molar-refractivity contribution in [1.82, 2.24) is 0 Å². The number of halogens is 2. The lowest BCUT2D eigenvalue weighted by Gasteiger charge is -2.26. The van der Waals surface area contributed by atoms with E-state index < -0.39 is 0 Å². The molecule has 0 radical (unpaired) electrons. The first kappa shape index (κ1) is 13.4. The standard InChI is InChI=1S/C16H15BrFNO/c17-14-6-5-12(18)9-15(14)19-10-11-7-8-20-16-4-2-1-3-13(11)16/h1-6,9,11,19H,7-8,10H2. The van der Waals surface area contributed by atoms with E-state index in [1.54, 1.807) is 6.07 Å². The van der Waals surface area contributed by atoms with Crippen LogP contribution in [0.5, 0.6) is 5.75 Å². The van der Waals surface area contributed by atoms with Crippen molar-refractivity contribution in [3.8, 4) is 5.75 Å². The molecule has 2 aromatic carbocycles. The van der Waals surface area contributed by atoms with Crippen LogP contribution in [0.25, 0.3) is 0 Å². The van der Waals surface area contributed by atoms with E-state index in [9.17, 15) is 4.39 Å². The van der Waals surface area contributed by atoms with Gasteiger partial charge in [-0.25, -0.2) is 4.39 Å². The summed E-state index contributed by atoms with van der Waals surface area (Å²) in [7, 11) is 0. The van der Waals surface area contributed by atoms with E-state index in [-0.39, 0.29) is 5.82 Å². The highest BCUT2D eigenvalue weighted by atomic mass is 79.9. The average Bonchev–Trinajstić information content (AvgIpc) is 2.48. The molecule has 104 valence electrons. The van der Waals surface area contributed by atoms with Crippen LogP contribution in [-0.2, 0) is 0 Å². The van der Waals surface area contributed by atoms with Crippen molar-refractivity contribution >= 4 is 21.6 Å². The van der Waals surface area contributed by atoms with Crippen LogP contribution in [0.3, 0.4) is 0 Å². The molecular weight excluding hydrogens is 321 g/mol. The lowest BCUT2D eigenvalue weighted by molar-refractivity contribution is 0.270. The van der Waals surface area contributed by atoms with E-state index in [0.717, 1.165) is 35.5 Å². The molecule has 1 aliphatic rings. The number of fused-ring (bicyclic) bond motifs is 1. The lowest BCUT2D eigenvalue weighted by Crippen LogP contribution is -2.20. The Morgan fingerprint density at radius 2 is 2.10 bits per heavy atom. The molecule has 2 nitrogen and oxygen atoms in total. The second-order valence-corrected chi connectivity index (χ2v) is 5.73. The molecule has 20 heavy (non-hydrogen) atoms. The largest absolute Gasteiger partial charge is 0.493 e. The highest BCUT2D eigenvalue weighted by molar-refractivity contribution is 9.10. The maximum absolute atomic E-state index is 13.3. The van der Waals surface area contributed by atoms with Crippen LogP contribution in [0.4, 0.5) is 10.1 Å². The molecule has 1 atom stereocenters. The van der Waals surface area contributed by atoms with Crippen LogP contribution >= 0.6 is 15.9 Å². The Kier molecular flexibility index (Phi) is 3.92. The van der Waals surface area contributed by atoms with Crippen molar-refractivity contribution in [2.45, 2.75) is 12.3 Å². The van der Waals surface area contributed by atoms with Crippen LogP contribution in [0.15, 0.2) is 46.9 Å². The highest BCUT2D eigenvalue weighted by Crippen LogP contribution is 2.34. The van der Waals surface area contributed by atoms with E-state index in [2.05, 4.69) is 27.3 Å². The molecule has 0 spiro atoms. The quantitative estimate of drug-likeness (QED) is 0.887. The molecule has 0 aliphatic carbocycles. The number of benzene rings is 2. The van der Waals surface area contributed by atoms with Crippen LogP contribution in [0.1, 0.15) is 17.9 Å². The molecule has 4 heteroatoms. The fourth-order valence-corrected chi connectivity index (χ4v) is 2.88. The third-order valence-corrected chi connectivity index (χ3v) is 4.24. The summed E-state index contributed by atoms with van der Waals surface area (Å²) >= 11 is 3.43. The topological polar surface area (TPSA) is 21.3 Å². The first-order chi connectivity index (χ1) is 9.74. The van der Waals surface area contributed by atoms with E-state index >= 15 is 0 Å². The van der Waals surface area contributed by atoms with Crippen molar-refractivity contribution in [2.75, 3.05) is 18.5 Å². The fourth-order valence-electron chi connectivity index (χ4n) is 2.49. The number of para-hydroxylation sites is 1. The minimum absolute atomic E-state index is 0.233. The first-order valence-electron chi connectivity index (χ1n) is 6.64. The van der Waals surface area contributed by atoms with Gasteiger partial charge in [0.1, 0.15) is 11.6 Å². The molecule has 2 aromatic rings. The van der Waals surface area contributed by atoms with Crippen LogP contribution < -0.4 is 10.1 Å². The zero-order chi connectivity index (χ0) is 13.9. The number of anilines is 1. The molecule has 0 saturated carbocycles. The van der Waals surface area contributed by atoms with Gasteiger partial charge in [0.05, 0.1) is 12.3 Å². The third-order valence-electron chi connectivity index (χ3n) is 3.55. The molecule has 1 N–H and O–H groups in total. The fraction of sp³-hybridized carbons (Fsp3) is 0.250. The van der Waals surface area contributed by atoms with Crippen LogP contribution in [0, 0.1) is 5.82 Å². The number of nitrogens with one attached hydrogen (secondary N) is 1. The third kappa shape index (κ3) is 2.80. The number of ether oxygens (including phenoxy) is 1. The average molecular weight is 336 g/mol. The minimum atomic E-state index is -0.233. The van der Waals surface area contributed by atoms with Gasteiger partial charge in [-0.1, -0.05) is 18.2 Å². The molecule has 0 fully saturated rings. The summed E-state index contributed by atoms with van der Waals surface area (Å²) < 4.78 is 19.8. The van der Waals surface area contributed by atoms with Crippen LogP contribution in [-0.4, -0.2) is 13.2 Å². The molecule has 0 amide bonds. The number of hydrogen-bond acceptors (Lipinski definition) is 2. The molecule has 0 bridgehead atoms. The highest BCUT2D eigenvalue weighted by Gasteiger charge is 2.20. The van der Waals surface area contributed by atoms with Gasteiger partial charge in [0.25, 0.3) is 0 Å². The predicted molar refractivity (Wildman–Crippen MR) is 81.9 cm³/mol. The zero-order valence-electron chi connectivity index (χ0n) is 10.9. The summed E-state index contributed by atoms with van der Waals surface area (Å²) in [4.78, 5) is 0. The second-order valence-electron chi connectivity index (χ2n) is 4.88. The molecule has 3 rings (SSSR count). The smallest absolute Gasteiger partial charge is 0.125 e. The van der Waals surface area contributed by atoms with Gasteiger partial charge >= 0.3 is 0 Å². The minimum Gasteiger partial charge on any atom is -0.493 e. The van der Waals surface area contributed by atoms with Gasteiger partial charge in [0, 0.05) is 16.9 Å². The summed E-state index contributed by atoms with van der Waals surface area (Å²) in [6.45, 7) is 1.50. The van der Waals surface area contributed by atoms with E-state index in [4.69, 9.17) is 4.74 Å². The van der Waals surface area contributed by atoms with Gasteiger partial charge in [0.15, 0.2) is 0 Å². The van der Waals surface area contributed by atoms with Gasteiger partial charge in [-0.05, 0) is 52.2 Å². The molecular formula is C16H15BrFNO. The molecule has 1 aliphatic heterocycles. The van der Waals surface area contributed by atoms with Gasteiger partial charge in [-0.3, -0.25) is 0 Å². The maximum Gasteiger partial charge on any atom is 0.125 e. The van der Waals surface area contributed by atoms with Crippen molar-refractivity contribution in [1.29, 1.82) is 0 Å². The van der Waals surface area contributed by atoms with E-state index in [1.165, 1.54) is 17.7 Å². The van der Waals surface area contributed by atoms with Crippen molar-refractivity contribution < 1.29 is 9.13 Å². The van der Waals surface area contributed by atoms with Crippen molar-refractivity contribution in [3.63, 3.8) is 0 Å². The summed E-state index contributed by atoms with van der Waals surface area (Å²) in [5, 5.41) is 3.32. The molecule has 1 unspecified atom stereocenters. The number of rotatable bonds is 3.